The molecule has 2 aromatic rings. The lowest BCUT2D eigenvalue weighted by Crippen LogP contribution is -2.53. The van der Waals surface area contributed by atoms with Gasteiger partial charge in [0.05, 0.1) is 12.7 Å². The minimum Gasteiger partial charge on any atom is -0.483 e. The summed E-state index contributed by atoms with van der Waals surface area (Å²) >= 11 is 0. The van der Waals surface area contributed by atoms with Crippen molar-refractivity contribution < 1.29 is 19.4 Å². The molecule has 1 fully saturated rings. The van der Waals surface area contributed by atoms with E-state index in [1.807, 2.05) is 7.05 Å². The molecular formula is C31H49N5O4. The second kappa shape index (κ2) is 17.2. The summed E-state index contributed by atoms with van der Waals surface area (Å²) in [4.78, 5) is 15.7. The molecule has 2 unspecified atom stereocenters. The summed E-state index contributed by atoms with van der Waals surface area (Å²) in [7, 11) is 3.76. The lowest BCUT2D eigenvalue weighted by atomic mass is 9.95. The molecule has 3 heterocycles. The lowest BCUT2D eigenvalue weighted by Gasteiger charge is -2.43. The standard InChI is InChI=1S/C30H47N5O2.CH2O2/c1-22(31-3)27-12-8-13-28(29(27)32-17-19-36-4)23(2)35-20-26(21-35)37-18-7-5-6-11-25-15-14-24-10-9-16-33-30(24)34-25;2-1-3/h8,12-15,22-23,26,31-32H,5-7,9-11,16-21H2,1-4H3,(H,33,34);1H,(H,2,3). The molecule has 2 atom stereocenters. The van der Waals surface area contributed by atoms with Crippen LogP contribution in [0.25, 0.3) is 0 Å². The number of nitrogens with zero attached hydrogens (tertiary/aromatic N) is 2. The number of ether oxygens (including phenoxy) is 2. The smallest absolute Gasteiger partial charge is 0.290 e. The van der Waals surface area contributed by atoms with Crippen LogP contribution in [0.1, 0.15) is 74.0 Å². The van der Waals surface area contributed by atoms with E-state index < -0.39 is 0 Å². The van der Waals surface area contributed by atoms with Crippen LogP contribution in [0.4, 0.5) is 11.5 Å². The molecule has 40 heavy (non-hydrogen) atoms. The number of rotatable bonds is 15. The van der Waals surface area contributed by atoms with Gasteiger partial charge in [0, 0.05) is 63.4 Å². The summed E-state index contributed by atoms with van der Waals surface area (Å²) in [5.74, 6) is 1.11. The summed E-state index contributed by atoms with van der Waals surface area (Å²) < 4.78 is 11.5. The van der Waals surface area contributed by atoms with Gasteiger partial charge in [-0.2, -0.15) is 0 Å². The van der Waals surface area contributed by atoms with Crippen molar-refractivity contribution in [1.82, 2.24) is 15.2 Å². The molecule has 9 heteroatoms. The fourth-order valence-corrected chi connectivity index (χ4v) is 5.37. The maximum atomic E-state index is 8.36. The molecule has 1 aromatic heterocycles. The molecule has 1 saturated heterocycles. The van der Waals surface area contributed by atoms with Gasteiger partial charge in [-0.1, -0.05) is 30.7 Å². The summed E-state index contributed by atoms with van der Waals surface area (Å²) in [6, 6.07) is 11.7. The van der Waals surface area contributed by atoms with Crippen molar-refractivity contribution in [2.75, 3.05) is 64.2 Å². The van der Waals surface area contributed by atoms with Crippen molar-refractivity contribution in [2.24, 2.45) is 0 Å². The van der Waals surface area contributed by atoms with E-state index in [4.69, 9.17) is 24.4 Å². The van der Waals surface area contributed by atoms with Gasteiger partial charge < -0.3 is 30.5 Å². The predicted octanol–water partition coefficient (Wildman–Crippen LogP) is 4.65. The molecule has 2 aliphatic rings. The molecule has 0 spiro atoms. The van der Waals surface area contributed by atoms with E-state index >= 15 is 0 Å². The van der Waals surface area contributed by atoms with Crippen molar-refractivity contribution in [3.8, 4) is 0 Å². The van der Waals surface area contributed by atoms with Crippen LogP contribution < -0.4 is 16.0 Å². The van der Waals surface area contributed by atoms with Gasteiger partial charge in [0.1, 0.15) is 5.82 Å². The molecule has 222 valence electrons. The molecule has 4 N–H and O–H groups in total. The van der Waals surface area contributed by atoms with E-state index in [1.54, 1.807) is 7.11 Å². The first-order chi connectivity index (χ1) is 19.5. The monoisotopic (exact) mass is 555 g/mol. The molecule has 4 rings (SSSR count). The zero-order valence-corrected chi connectivity index (χ0v) is 24.7. The number of fused-ring (bicyclic) bond motifs is 1. The Morgan fingerprint density at radius 3 is 2.67 bits per heavy atom. The normalized spacial score (nSPS) is 16.5. The number of pyridine rings is 1. The van der Waals surface area contributed by atoms with Gasteiger partial charge >= 0.3 is 0 Å². The third-order valence-corrected chi connectivity index (χ3v) is 7.89. The Hall–Kier alpha value is -2.72. The molecule has 0 bridgehead atoms. The van der Waals surface area contributed by atoms with Gasteiger partial charge in [-0.05, 0) is 75.8 Å². The molecule has 0 amide bonds. The first-order valence-corrected chi connectivity index (χ1v) is 14.7. The first-order valence-electron chi connectivity index (χ1n) is 14.7. The number of hydrogen-bond donors (Lipinski definition) is 4. The fraction of sp³-hybridized carbons (Fsp3) is 0.613. The van der Waals surface area contributed by atoms with Gasteiger partial charge in [-0.25, -0.2) is 4.98 Å². The summed E-state index contributed by atoms with van der Waals surface area (Å²) in [6.07, 6.45) is 7.23. The zero-order valence-electron chi connectivity index (χ0n) is 24.7. The largest absolute Gasteiger partial charge is 0.483 e. The van der Waals surface area contributed by atoms with Crippen LogP contribution in [-0.4, -0.2) is 81.1 Å². The van der Waals surface area contributed by atoms with Crippen molar-refractivity contribution in [3.05, 3.63) is 52.7 Å². The first kappa shape index (κ1) is 31.8. The Morgan fingerprint density at radius 2 is 1.93 bits per heavy atom. The molecule has 0 saturated carbocycles. The number of aryl methyl sites for hydroxylation is 2. The van der Waals surface area contributed by atoms with Crippen LogP contribution >= 0.6 is 0 Å². The third-order valence-electron chi connectivity index (χ3n) is 7.89. The van der Waals surface area contributed by atoms with Crippen molar-refractivity contribution in [3.63, 3.8) is 0 Å². The Labute approximate surface area is 240 Å². The van der Waals surface area contributed by atoms with Gasteiger partial charge in [0.25, 0.3) is 6.47 Å². The van der Waals surface area contributed by atoms with Crippen molar-refractivity contribution >= 4 is 18.0 Å². The van der Waals surface area contributed by atoms with Gasteiger partial charge in [-0.15, -0.1) is 0 Å². The number of aromatic nitrogens is 1. The third kappa shape index (κ3) is 9.16. The van der Waals surface area contributed by atoms with Crippen LogP contribution in [0.5, 0.6) is 0 Å². The summed E-state index contributed by atoms with van der Waals surface area (Å²) in [5, 5.41) is 17.4. The van der Waals surface area contributed by atoms with Crippen LogP contribution in [0, 0.1) is 0 Å². The van der Waals surface area contributed by atoms with Crippen LogP contribution in [-0.2, 0) is 27.1 Å². The number of likely N-dealkylation sites (tertiary alicyclic amines) is 1. The van der Waals surface area contributed by atoms with Gasteiger partial charge in [0.2, 0.25) is 0 Å². The number of para-hydroxylation sites is 1. The molecule has 9 nitrogen and oxygen atoms in total. The highest BCUT2D eigenvalue weighted by Crippen LogP contribution is 2.35. The maximum Gasteiger partial charge on any atom is 0.290 e. The number of anilines is 2. The van der Waals surface area contributed by atoms with Crippen LogP contribution in [0.3, 0.4) is 0 Å². The zero-order chi connectivity index (χ0) is 28.7. The SMILES string of the molecule is CNC(C)c1cccc(C(C)N2CC(OCCCCCc3ccc4c(n3)NCCC4)C2)c1NCCOC.O=CO. The predicted molar refractivity (Wildman–Crippen MR) is 161 cm³/mol. The van der Waals surface area contributed by atoms with Crippen LogP contribution in [0.15, 0.2) is 30.3 Å². The second-order valence-corrected chi connectivity index (χ2v) is 10.6. The number of carboxylic acid groups (broad SMARTS) is 1. The Bertz CT molecular complexity index is 1030. The molecule has 1 aromatic carbocycles. The number of hydrogen-bond acceptors (Lipinski definition) is 8. The van der Waals surface area contributed by atoms with E-state index in [0.29, 0.717) is 18.8 Å². The highest BCUT2D eigenvalue weighted by Gasteiger charge is 2.33. The van der Waals surface area contributed by atoms with E-state index in [1.165, 1.54) is 47.3 Å². The average molecular weight is 556 g/mol. The minimum absolute atomic E-state index is 0.250. The average Bonchev–Trinajstić information content (AvgIpc) is 2.95. The number of carbonyl (C=O) groups is 1. The van der Waals surface area contributed by atoms with Gasteiger partial charge in [0.15, 0.2) is 0 Å². The van der Waals surface area contributed by atoms with E-state index in [0.717, 1.165) is 57.9 Å². The van der Waals surface area contributed by atoms with E-state index in [-0.39, 0.29) is 12.5 Å². The second-order valence-electron chi connectivity index (χ2n) is 10.6. The number of benzene rings is 1. The minimum atomic E-state index is -0.250. The van der Waals surface area contributed by atoms with Crippen molar-refractivity contribution in [2.45, 2.75) is 70.6 Å². The number of nitrogens with one attached hydrogen (secondary N) is 3. The fourth-order valence-electron chi connectivity index (χ4n) is 5.37. The molecule has 2 aliphatic heterocycles. The van der Waals surface area contributed by atoms with Crippen LogP contribution in [0.2, 0.25) is 0 Å². The van der Waals surface area contributed by atoms with E-state index in [9.17, 15) is 0 Å². The lowest BCUT2D eigenvalue weighted by molar-refractivity contribution is -0.122. The summed E-state index contributed by atoms with van der Waals surface area (Å²) in [5.41, 5.74) is 6.47. The maximum absolute atomic E-state index is 8.36. The summed E-state index contributed by atoms with van der Waals surface area (Å²) in [6.45, 7) is 9.65. The highest BCUT2D eigenvalue weighted by atomic mass is 16.5. The van der Waals surface area contributed by atoms with Crippen molar-refractivity contribution in [1.29, 1.82) is 0 Å². The number of methoxy groups -OCH3 is 1. The topological polar surface area (TPSA) is 108 Å². The highest BCUT2D eigenvalue weighted by molar-refractivity contribution is 5.60. The molecule has 0 aliphatic carbocycles. The Morgan fingerprint density at radius 1 is 1.15 bits per heavy atom. The Kier molecular flexibility index (Phi) is 13.7. The molecular weight excluding hydrogens is 506 g/mol. The quantitative estimate of drug-likeness (QED) is 0.184. The number of unbranched alkanes of at least 4 members (excludes halogenated alkanes) is 2. The molecule has 0 radical (unpaired) electrons. The van der Waals surface area contributed by atoms with Gasteiger partial charge in [-0.3, -0.25) is 9.69 Å². The van der Waals surface area contributed by atoms with E-state index in [2.05, 4.69) is 65.0 Å². The Balaban J connectivity index is 0.00000141.